The fourth-order valence-corrected chi connectivity index (χ4v) is 0.883. The van der Waals surface area contributed by atoms with E-state index in [9.17, 15) is 10.1 Å². The lowest BCUT2D eigenvalue weighted by Gasteiger charge is -1.90. The van der Waals surface area contributed by atoms with Crippen molar-refractivity contribution in [1.29, 1.82) is 5.26 Å². The van der Waals surface area contributed by atoms with Crippen LogP contribution in [-0.2, 0) is 0 Å². The first-order chi connectivity index (χ1) is 6.74. The molecule has 1 aromatic carbocycles. The van der Waals surface area contributed by atoms with Crippen LogP contribution in [0.4, 0.5) is 5.69 Å². The molecule has 0 aliphatic heterocycles. The van der Waals surface area contributed by atoms with Gasteiger partial charge in [0, 0.05) is 17.7 Å². The molecule has 0 heterocycles. The Morgan fingerprint density at radius 2 is 2.29 bits per heavy atom. The van der Waals surface area contributed by atoms with Crippen molar-refractivity contribution in [3.05, 3.63) is 39.9 Å². The van der Waals surface area contributed by atoms with Crippen molar-refractivity contribution in [2.45, 2.75) is 6.42 Å². The van der Waals surface area contributed by atoms with Gasteiger partial charge in [-0.1, -0.05) is 17.9 Å². The van der Waals surface area contributed by atoms with Gasteiger partial charge in [0.15, 0.2) is 0 Å². The monoisotopic (exact) mass is 186 g/mol. The maximum Gasteiger partial charge on any atom is 0.270 e. The molecule has 0 aromatic heterocycles. The number of nitriles is 1. The number of hydrogen-bond acceptors (Lipinski definition) is 3. The Morgan fingerprint density at radius 1 is 1.50 bits per heavy atom. The Morgan fingerprint density at radius 3 is 2.93 bits per heavy atom. The SMILES string of the molecule is N#CCC#Cc1cccc([N+](=O)[O-])c1. The fourth-order valence-electron chi connectivity index (χ4n) is 0.883. The number of benzene rings is 1. The van der Waals surface area contributed by atoms with E-state index in [-0.39, 0.29) is 12.1 Å². The minimum atomic E-state index is -0.477. The minimum Gasteiger partial charge on any atom is -0.258 e. The number of nitro groups is 1. The van der Waals surface area contributed by atoms with Crippen LogP contribution < -0.4 is 0 Å². The van der Waals surface area contributed by atoms with Crippen LogP contribution in [0.2, 0.25) is 0 Å². The lowest BCUT2D eigenvalue weighted by atomic mass is 10.2. The van der Waals surface area contributed by atoms with Crippen LogP contribution in [0, 0.1) is 33.3 Å². The Balaban J connectivity index is 2.92. The predicted molar refractivity (Wildman–Crippen MR) is 50.2 cm³/mol. The van der Waals surface area contributed by atoms with E-state index < -0.39 is 4.92 Å². The highest BCUT2D eigenvalue weighted by atomic mass is 16.6. The molecule has 0 fully saturated rings. The molecule has 1 rings (SSSR count). The van der Waals surface area contributed by atoms with Crippen molar-refractivity contribution >= 4 is 5.69 Å². The van der Waals surface area contributed by atoms with E-state index in [1.807, 2.05) is 6.07 Å². The van der Waals surface area contributed by atoms with Crippen molar-refractivity contribution in [2.24, 2.45) is 0 Å². The average Bonchev–Trinajstić information content (AvgIpc) is 2.19. The molecule has 14 heavy (non-hydrogen) atoms. The maximum absolute atomic E-state index is 10.4. The fraction of sp³-hybridized carbons (Fsp3) is 0.100. The zero-order valence-electron chi connectivity index (χ0n) is 7.23. The van der Waals surface area contributed by atoms with Crippen LogP contribution in [0.1, 0.15) is 12.0 Å². The Labute approximate surface area is 80.9 Å². The highest BCUT2D eigenvalue weighted by molar-refractivity contribution is 5.43. The molecule has 0 radical (unpaired) electrons. The molecule has 0 atom stereocenters. The maximum atomic E-state index is 10.4. The third kappa shape index (κ3) is 2.62. The summed E-state index contributed by atoms with van der Waals surface area (Å²) < 4.78 is 0. The minimum absolute atomic E-state index is 0.00811. The summed E-state index contributed by atoms with van der Waals surface area (Å²) >= 11 is 0. The summed E-state index contributed by atoms with van der Waals surface area (Å²) in [5.41, 5.74) is 0.559. The van der Waals surface area contributed by atoms with Crippen molar-refractivity contribution < 1.29 is 4.92 Å². The lowest BCUT2D eigenvalue weighted by Crippen LogP contribution is -1.87. The van der Waals surface area contributed by atoms with Gasteiger partial charge in [-0.05, 0) is 6.07 Å². The van der Waals surface area contributed by atoms with Crippen LogP contribution in [-0.4, -0.2) is 4.92 Å². The molecular formula is C10H6N2O2. The van der Waals surface area contributed by atoms with Crippen molar-refractivity contribution in [3.63, 3.8) is 0 Å². The second-order valence-corrected chi connectivity index (χ2v) is 2.44. The van der Waals surface area contributed by atoms with Gasteiger partial charge >= 0.3 is 0 Å². The highest BCUT2D eigenvalue weighted by Crippen LogP contribution is 2.11. The molecule has 0 amide bonds. The van der Waals surface area contributed by atoms with Gasteiger partial charge in [-0.15, -0.1) is 0 Å². The summed E-state index contributed by atoms with van der Waals surface area (Å²) in [6.07, 6.45) is 0.128. The van der Waals surface area contributed by atoms with Gasteiger partial charge in [0.05, 0.1) is 17.4 Å². The van der Waals surface area contributed by atoms with Gasteiger partial charge in [0.1, 0.15) is 0 Å². The Bertz CT molecular complexity index is 449. The third-order valence-electron chi connectivity index (χ3n) is 1.46. The normalized spacial score (nSPS) is 8.21. The molecule has 0 saturated heterocycles. The summed E-state index contributed by atoms with van der Waals surface area (Å²) in [6.45, 7) is 0. The Kier molecular flexibility index (Phi) is 3.23. The first kappa shape index (κ1) is 9.76. The van der Waals surface area contributed by atoms with E-state index in [1.165, 1.54) is 12.1 Å². The van der Waals surface area contributed by atoms with Gasteiger partial charge in [-0.3, -0.25) is 10.1 Å². The van der Waals surface area contributed by atoms with Crippen LogP contribution in [0.3, 0.4) is 0 Å². The summed E-state index contributed by atoms with van der Waals surface area (Å²) in [7, 11) is 0. The number of hydrogen-bond donors (Lipinski definition) is 0. The number of rotatable bonds is 1. The van der Waals surface area contributed by atoms with Gasteiger partial charge < -0.3 is 0 Å². The van der Waals surface area contributed by atoms with Gasteiger partial charge in [0.25, 0.3) is 5.69 Å². The molecule has 4 heteroatoms. The average molecular weight is 186 g/mol. The predicted octanol–water partition coefficient (Wildman–Crippen LogP) is 1.86. The van der Waals surface area contributed by atoms with Crippen molar-refractivity contribution in [3.8, 4) is 17.9 Å². The molecule has 0 N–H and O–H groups in total. The van der Waals surface area contributed by atoms with Gasteiger partial charge in [0.2, 0.25) is 0 Å². The number of nitro benzene ring substituents is 1. The standard InChI is InChI=1S/C10H6N2O2/c11-7-2-1-4-9-5-3-6-10(8-9)12(13)14/h3,5-6,8H,2H2. The number of nitrogens with zero attached hydrogens (tertiary/aromatic N) is 2. The second-order valence-electron chi connectivity index (χ2n) is 2.44. The van der Waals surface area contributed by atoms with E-state index in [4.69, 9.17) is 5.26 Å². The lowest BCUT2D eigenvalue weighted by molar-refractivity contribution is -0.384. The van der Waals surface area contributed by atoms with Crippen LogP contribution in [0.25, 0.3) is 0 Å². The second kappa shape index (κ2) is 4.64. The summed E-state index contributed by atoms with van der Waals surface area (Å²) in [5.74, 6) is 5.25. The molecule has 0 bridgehead atoms. The molecule has 68 valence electrons. The van der Waals surface area contributed by atoms with E-state index in [2.05, 4.69) is 11.8 Å². The first-order valence-electron chi connectivity index (χ1n) is 3.84. The van der Waals surface area contributed by atoms with E-state index >= 15 is 0 Å². The Hall–Kier alpha value is -2.33. The molecule has 1 aromatic rings. The summed E-state index contributed by atoms with van der Waals surface area (Å²) in [5, 5.41) is 18.6. The molecule has 0 aliphatic rings. The molecule has 0 spiro atoms. The largest absolute Gasteiger partial charge is 0.270 e. The summed E-state index contributed by atoms with van der Waals surface area (Å²) in [6, 6.07) is 7.87. The summed E-state index contributed by atoms with van der Waals surface area (Å²) in [4.78, 5) is 9.91. The van der Waals surface area contributed by atoms with Gasteiger partial charge in [-0.2, -0.15) is 5.26 Å². The highest BCUT2D eigenvalue weighted by Gasteiger charge is 2.03. The zero-order valence-corrected chi connectivity index (χ0v) is 7.23. The van der Waals surface area contributed by atoms with E-state index in [0.717, 1.165) is 0 Å². The molecule has 4 nitrogen and oxygen atoms in total. The topological polar surface area (TPSA) is 66.9 Å². The van der Waals surface area contributed by atoms with E-state index in [1.54, 1.807) is 12.1 Å². The van der Waals surface area contributed by atoms with Crippen molar-refractivity contribution in [1.82, 2.24) is 0 Å². The molecule has 0 saturated carbocycles. The molecule has 0 unspecified atom stereocenters. The van der Waals surface area contributed by atoms with Crippen LogP contribution in [0.15, 0.2) is 24.3 Å². The third-order valence-corrected chi connectivity index (χ3v) is 1.46. The number of non-ortho nitro benzene ring substituents is 1. The smallest absolute Gasteiger partial charge is 0.258 e. The van der Waals surface area contributed by atoms with Crippen molar-refractivity contribution in [2.75, 3.05) is 0 Å². The van der Waals surface area contributed by atoms with E-state index in [0.29, 0.717) is 5.56 Å². The van der Waals surface area contributed by atoms with Crippen LogP contribution >= 0.6 is 0 Å². The van der Waals surface area contributed by atoms with Crippen LogP contribution in [0.5, 0.6) is 0 Å². The first-order valence-corrected chi connectivity index (χ1v) is 3.84. The zero-order chi connectivity index (χ0) is 10.4. The quantitative estimate of drug-likeness (QED) is 0.382. The van der Waals surface area contributed by atoms with Gasteiger partial charge in [-0.25, -0.2) is 0 Å². The molecular weight excluding hydrogens is 180 g/mol. The molecule has 0 aliphatic carbocycles.